The Morgan fingerprint density at radius 3 is 2.43 bits per heavy atom. The summed E-state index contributed by atoms with van der Waals surface area (Å²) in [6, 6.07) is 8.84. The molecule has 0 radical (unpaired) electrons. The summed E-state index contributed by atoms with van der Waals surface area (Å²) in [6.07, 6.45) is 1.40. The van der Waals surface area contributed by atoms with E-state index in [9.17, 15) is 19.2 Å². The second-order valence-electron chi connectivity index (χ2n) is 6.75. The molecule has 28 heavy (non-hydrogen) atoms. The molecule has 9 heteroatoms. The van der Waals surface area contributed by atoms with Crippen molar-refractivity contribution in [3.63, 3.8) is 0 Å². The van der Waals surface area contributed by atoms with Crippen LogP contribution in [-0.2, 0) is 15.1 Å². The van der Waals surface area contributed by atoms with Crippen LogP contribution < -0.4 is 10.6 Å². The fraction of sp³-hybridized carbons (Fsp3) is 0.263. The third-order valence-electron chi connectivity index (χ3n) is 4.41. The summed E-state index contributed by atoms with van der Waals surface area (Å²) in [5.74, 6) is -0.988. The monoisotopic (exact) mass is 384 g/mol. The van der Waals surface area contributed by atoms with E-state index >= 15 is 0 Å². The van der Waals surface area contributed by atoms with E-state index in [0.29, 0.717) is 11.3 Å². The second-order valence-corrected chi connectivity index (χ2v) is 6.75. The van der Waals surface area contributed by atoms with E-state index in [1.807, 2.05) is 0 Å². The van der Waals surface area contributed by atoms with Gasteiger partial charge in [0.25, 0.3) is 11.8 Å². The highest BCUT2D eigenvalue weighted by Gasteiger charge is 2.51. The number of nitrogens with zero attached hydrogens (tertiary/aromatic N) is 2. The summed E-state index contributed by atoms with van der Waals surface area (Å²) in [7, 11) is 3.29. The number of anilines is 1. The first kappa shape index (κ1) is 19.2. The molecule has 5 amide bonds. The first-order valence-corrected chi connectivity index (χ1v) is 8.52. The molecule has 3 rings (SSSR count). The van der Waals surface area contributed by atoms with Crippen molar-refractivity contribution in [3.05, 3.63) is 54.0 Å². The van der Waals surface area contributed by atoms with Gasteiger partial charge >= 0.3 is 6.03 Å². The van der Waals surface area contributed by atoms with Crippen molar-refractivity contribution in [2.45, 2.75) is 12.5 Å². The third-order valence-corrected chi connectivity index (χ3v) is 4.41. The number of amides is 5. The Kier molecular flexibility index (Phi) is 4.91. The molecule has 2 heterocycles. The van der Waals surface area contributed by atoms with Gasteiger partial charge in [-0.1, -0.05) is 0 Å². The summed E-state index contributed by atoms with van der Waals surface area (Å²) >= 11 is 0. The Hall–Kier alpha value is -3.62. The SMILES string of the molecule is CN(C)C(=O)c1ccc(NC(=O)CN2C(=O)NC(C)(c3ccco3)C2=O)cc1. The molecular formula is C19H20N4O5. The number of urea groups is 1. The maximum atomic E-state index is 12.7. The van der Waals surface area contributed by atoms with Crippen molar-refractivity contribution >= 4 is 29.4 Å². The average Bonchev–Trinajstić information content (AvgIpc) is 3.26. The van der Waals surface area contributed by atoms with Gasteiger partial charge in [0.15, 0.2) is 5.54 Å². The number of imide groups is 1. The predicted octanol–water partition coefficient (Wildman–Crippen LogP) is 1.39. The van der Waals surface area contributed by atoms with Gasteiger partial charge in [0.1, 0.15) is 12.3 Å². The maximum absolute atomic E-state index is 12.7. The summed E-state index contributed by atoms with van der Waals surface area (Å²) in [5, 5.41) is 5.16. The van der Waals surface area contributed by atoms with E-state index in [1.165, 1.54) is 18.1 Å². The summed E-state index contributed by atoms with van der Waals surface area (Å²) in [5.41, 5.74) is -0.429. The predicted molar refractivity (Wildman–Crippen MR) is 99.4 cm³/mol. The summed E-state index contributed by atoms with van der Waals surface area (Å²) in [6.45, 7) is 1.07. The second kappa shape index (κ2) is 7.18. The average molecular weight is 384 g/mol. The van der Waals surface area contributed by atoms with Gasteiger partial charge < -0.3 is 20.0 Å². The number of carbonyl (C=O) groups excluding carboxylic acids is 4. The molecule has 1 atom stereocenters. The molecule has 1 aliphatic heterocycles. The first-order chi connectivity index (χ1) is 13.2. The van der Waals surface area contributed by atoms with Crippen LogP contribution in [0.2, 0.25) is 0 Å². The van der Waals surface area contributed by atoms with Crippen LogP contribution in [0.1, 0.15) is 23.0 Å². The maximum Gasteiger partial charge on any atom is 0.325 e. The number of rotatable bonds is 5. The third kappa shape index (κ3) is 3.46. The normalized spacial score (nSPS) is 18.8. The smallest absolute Gasteiger partial charge is 0.325 e. The largest absolute Gasteiger partial charge is 0.466 e. The molecule has 146 valence electrons. The van der Waals surface area contributed by atoms with Gasteiger partial charge in [-0.15, -0.1) is 0 Å². The first-order valence-electron chi connectivity index (χ1n) is 8.52. The fourth-order valence-corrected chi connectivity index (χ4v) is 2.87. The quantitative estimate of drug-likeness (QED) is 0.757. The van der Waals surface area contributed by atoms with E-state index in [2.05, 4.69) is 10.6 Å². The van der Waals surface area contributed by atoms with Gasteiger partial charge in [0.2, 0.25) is 5.91 Å². The van der Waals surface area contributed by atoms with Crippen LogP contribution in [0, 0.1) is 0 Å². The van der Waals surface area contributed by atoms with Gasteiger partial charge in [0.05, 0.1) is 6.26 Å². The number of nitrogens with one attached hydrogen (secondary N) is 2. The van der Waals surface area contributed by atoms with Crippen LogP contribution in [0.5, 0.6) is 0 Å². The molecule has 0 bridgehead atoms. The number of furan rings is 1. The number of hydrogen-bond acceptors (Lipinski definition) is 5. The van der Waals surface area contributed by atoms with Gasteiger partial charge in [-0.05, 0) is 43.3 Å². The van der Waals surface area contributed by atoms with Crippen LogP contribution in [0.15, 0.2) is 47.1 Å². The minimum atomic E-state index is -1.35. The molecule has 0 aliphatic carbocycles. The molecule has 0 saturated carbocycles. The lowest BCUT2D eigenvalue weighted by molar-refractivity contribution is -0.134. The number of benzene rings is 1. The highest BCUT2D eigenvalue weighted by atomic mass is 16.3. The van der Waals surface area contributed by atoms with E-state index in [0.717, 1.165) is 4.90 Å². The zero-order valence-corrected chi connectivity index (χ0v) is 15.7. The van der Waals surface area contributed by atoms with Crippen molar-refractivity contribution < 1.29 is 23.6 Å². The van der Waals surface area contributed by atoms with Crippen LogP contribution >= 0.6 is 0 Å². The van der Waals surface area contributed by atoms with Crippen LogP contribution in [0.3, 0.4) is 0 Å². The molecular weight excluding hydrogens is 364 g/mol. The minimum absolute atomic E-state index is 0.158. The standard InChI is InChI=1S/C19H20N4O5/c1-19(14-5-4-10-28-14)17(26)23(18(27)21-19)11-15(24)20-13-8-6-12(7-9-13)16(25)22(2)3/h4-10H,11H2,1-3H3,(H,20,24)(H,21,27). The molecule has 1 saturated heterocycles. The van der Waals surface area contributed by atoms with Gasteiger partial charge in [-0.25, -0.2) is 4.79 Å². The lowest BCUT2D eigenvalue weighted by atomic mass is 9.99. The number of carbonyl (C=O) groups is 4. The number of hydrogen-bond donors (Lipinski definition) is 2. The highest BCUT2D eigenvalue weighted by molar-refractivity contribution is 6.10. The minimum Gasteiger partial charge on any atom is -0.466 e. The van der Waals surface area contributed by atoms with Gasteiger partial charge in [0, 0.05) is 25.3 Å². The van der Waals surface area contributed by atoms with Crippen molar-refractivity contribution in [2.75, 3.05) is 26.0 Å². The van der Waals surface area contributed by atoms with E-state index < -0.39 is 29.9 Å². The van der Waals surface area contributed by atoms with Crippen molar-refractivity contribution in [1.29, 1.82) is 0 Å². The Morgan fingerprint density at radius 1 is 1.18 bits per heavy atom. The van der Waals surface area contributed by atoms with Crippen molar-refractivity contribution in [1.82, 2.24) is 15.1 Å². The fourth-order valence-electron chi connectivity index (χ4n) is 2.87. The van der Waals surface area contributed by atoms with E-state index in [4.69, 9.17) is 4.42 Å². The van der Waals surface area contributed by atoms with E-state index in [1.54, 1.807) is 50.5 Å². The van der Waals surface area contributed by atoms with Crippen LogP contribution in [0.25, 0.3) is 0 Å². The topological polar surface area (TPSA) is 112 Å². The van der Waals surface area contributed by atoms with Crippen molar-refractivity contribution in [3.8, 4) is 0 Å². The Bertz CT molecular complexity index is 920. The summed E-state index contributed by atoms with van der Waals surface area (Å²) < 4.78 is 5.24. The van der Waals surface area contributed by atoms with Gasteiger partial charge in [-0.2, -0.15) is 0 Å². The molecule has 2 N–H and O–H groups in total. The Morgan fingerprint density at radius 2 is 1.86 bits per heavy atom. The van der Waals surface area contributed by atoms with Crippen LogP contribution in [-0.4, -0.2) is 54.2 Å². The van der Waals surface area contributed by atoms with Gasteiger partial charge in [-0.3, -0.25) is 19.3 Å². The lowest BCUT2D eigenvalue weighted by Crippen LogP contribution is -2.41. The molecule has 1 fully saturated rings. The Balaban J connectivity index is 1.66. The zero-order chi connectivity index (χ0) is 20.5. The zero-order valence-electron chi connectivity index (χ0n) is 15.7. The van der Waals surface area contributed by atoms with Crippen LogP contribution in [0.4, 0.5) is 10.5 Å². The van der Waals surface area contributed by atoms with E-state index in [-0.39, 0.29) is 11.7 Å². The molecule has 2 aromatic rings. The molecule has 1 aromatic carbocycles. The Labute approximate surface area is 161 Å². The highest BCUT2D eigenvalue weighted by Crippen LogP contribution is 2.28. The summed E-state index contributed by atoms with van der Waals surface area (Å²) in [4.78, 5) is 51.3. The molecule has 9 nitrogen and oxygen atoms in total. The molecule has 1 aliphatic rings. The molecule has 0 spiro atoms. The lowest BCUT2D eigenvalue weighted by Gasteiger charge is -2.18. The molecule has 1 aromatic heterocycles. The van der Waals surface area contributed by atoms with Crippen molar-refractivity contribution in [2.24, 2.45) is 0 Å². The molecule has 1 unspecified atom stereocenters.